The molecule has 0 heterocycles. The van der Waals surface area contributed by atoms with Gasteiger partial charge >= 0.3 is 0 Å². The van der Waals surface area contributed by atoms with Gasteiger partial charge in [-0.3, -0.25) is 0 Å². The molecule has 2 aromatic carbocycles. The van der Waals surface area contributed by atoms with E-state index < -0.39 is 5.60 Å². The minimum Gasteiger partial charge on any atom is -0.385 e. The second kappa shape index (κ2) is 6.03. The van der Waals surface area contributed by atoms with Gasteiger partial charge in [-0.2, -0.15) is 0 Å². The van der Waals surface area contributed by atoms with E-state index in [0.29, 0.717) is 12.3 Å². The van der Waals surface area contributed by atoms with E-state index in [9.17, 15) is 5.11 Å². The van der Waals surface area contributed by atoms with Gasteiger partial charge in [0.05, 0.1) is 5.60 Å². The number of benzene rings is 2. The number of hydrogen-bond donors (Lipinski definition) is 1. The minimum atomic E-state index is -0.838. The third kappa shape index (κ3) is 3.74. The second-order valence-corrected chi connectivity index (χ2v) is 6.67. The molecular weight excluding hydrogens is 256 g/mol. The Morgan fingerprint density at radius 1 is 1.00 bits per heavy atom. The van der Waals surface area contributed by atoms with Crippen LogP contribution in [0.3, 0.4) is 0 Å². The van der Waals surface area contributed by atoms with Crippen molar-refractivity contribution < 1.29 is 5.11 Å². The van der Waals surface area contributed by atoms with Gasteiger partial charge in [-0.25, -0.2) is 0 Å². The first-order valence-corrected chi connectivity index (χ1v) is 7.68. The Labute approximate surface area is 128 Å². The van der Waals surface area contributed by atoms with Crippen molar-refractivity contribution in [2.75, 3.05) is 0 Å². The summed E-state index contributed by atoms with van der Waals surface area (Å²) in [5.41, 5.74) is 5.02. The van der Waals surface area contributed by atoms with Crippen LogP contribution in [0.5, 0.6) is 0 Å². The molecule has 0 aliphatic heterocycles. The van der Waals surface area contributed by atoms with Crippen LogP contribution < -0.4 is 0 Å². The summed E-state index contributed by atoms with van der Waals surface area (Å²) in [5, 5.41) is 10.9. The lowest BCUT2D eigenvalue weighted by atomic mass is 9.85. The summed E-state index contributed by atoms with van der Waals surface area (Å²) < 4.78 is 0. The van der Waals surface area contributed by atoms with Crippen molar-refractivity contribution >= 4 is 0 Å². The first-order valence-electron chi connectivity index (χ1n) is 7.68. The summed E-state index contributed by atoms with van der Waals surface area (Å²) in [6.45, 7) is 10.4. The summed E-state index contributed by atoms with van der Waals surface area (Å²) >= 11 is 0. The third-order valence-corrected chi connectivity index (χ3v) is 4.17. The molecule has 112 valence electrons. The van der Waals surface area contributed by atoms with Crippen LogP contribution in [0.2, 0.25) is 0 Å². The Balaban J connectivity index is 2.26. The van der Waals surface area contributed by atoms with Crippen LogP contribution in [-0.2, 0) is 12.0 Å². The lowest BCUT2D eigenvalue weighted by Gasteiger charge is -2.26. The Morgan fingerprint density at radius 3 is 2.19 bits per heavy atom. The number of rotatable bonds is 4. The van der Waals surface area contributed by atoms with Gasteiger partial charge in [0.25, 0.3) is 0 Å². The van der Waals surface area contributed by atoms with Gasteiger partial charge < -0.3 is 5.11 Å². The van der Waals surface area contributed by atoms with Crippen molar-refractivity contribution in [3.63, 3.8) is 0 Å². The fourth-order valence-electron chi connectivity index (χ4n) is 2.83. The predicted octanol–water partition coefficient (Wildman–Crippen LogP) is 4.88. The molecule has 1 unspecified atom stereocenters. The summed E-state index contributed by atoms with van der Waals surface area (Å²) in [6, 6.07) is 14.9. The van der Waals surface area contributed by atoms with Gasteiger partial charge in [-0.05, 0) is 48.9 Å². The van der Waals surface area contributed by atoms with Crippen LogP contribution in [-0.4, -0.2) is 5.11 Å². The zero-order valence-corrected chi connectivity index (χ0v) is 13.8. The van der Waals surface area contributed by atoms with Crippen LogP contribution >= 0.6 is 0 Å². The lowest BCUT2D eigenvalue weighted by Crippen LogP contribution is -2.25. The van der Waals surface area contributed by atoms with Gasteiger partial charge in [0.1, 0.15) is 0 Å². The van der Waals surface area contributed by atoms with E-state index in [-0.39, 0.29) is 0 Å². The molecule has 0 bridgehead atoms. The molecule has 1 atom stereocenters. The van der Waals surface area contributed by atoms with Crippen LogP contribution in [0, 0.1) is 13.8 Å². The number of aryl methyl sites for hydroxylation is 2. The zero-order chi connectivity index (χ0) is 15.6. The van der Waals surface area contributed by atoms with E-state index in [0.717, 1.165) is 11.1 Å². The average Bonchev–Trinajstić information content (AvgIpc) is 2.41. The van der Waals surface area contributed by atoms with Gasteiger partial charge in [-0.15, -0.1) is 0 Å². The molecule has 0 aliphatic rings. The van der Waals surface area contributed by atoms with Gasteiger partial charge in [0.2, 0.25) is 0 Å². The Hall–Kier alpha value is -1.60. The monoisotopic (exact) mass is 282 g/mol. The lowest BCUT2D eigenvalue weighted by molar-refractivity contribution is 0.0569. The van der Waals surface area contributed by atoms with Crippen LogP contribution in [0.1, 0.15) is 54.5 Å². The van der Waals surface area contributed by atoms with Crippen molar-refractivity contribution in [1.29, 1.82) is 0 Å². The molecule has 0 fully saturated rings. The highest BCUT2D eigenvalue weighted by atomic mass is 16.3. The van der Waals surface area contributed by atoms with E-state index in [1.54, 1.807) is 0 Å². The highest BCUT2D eigenvalue weighted by Gasteiger charge is 2.25. The van der Waals surface area contributed by atoms with E-state index in [4.69, 9.17) is 0 Å². The van der Waals surface area contributed by atoms with E-state index in [1.807, 2.05) is 6.92 Å². The summed E-state index contributed by atoms with van der Waals surface area (Å²) in [7, 11) is 0. The predicted molar refractivity (Wildman–Crippen MR) is 89.7 cm³/mol. The third-order valence-electron chi connectivity index (χ3n) is 4.17. The molecule has 0 aliphatic carbocycles. The highest BCUT2D eigenvalue weighted by Crippen LogP contribution is 2.29. The number of hydrogen-bond acceptors (Lipinski definition) is 1. The summed E-state index contributed by atoms with van der Waals surface area (Å²) in [6.07, 6.45) is 0.635. The smallest absolute Gasteiger partial charge is 0.0911 e. The SMILES string of the molecule is Cc1ccc(C)c(C(C)(O)Cc2ccc(C(C)C)cc2)c1. The average molecular weight is 282 g/mol. The van der Waals surface area contributed by atoms with Crippen molar-refractivity contribution in [2.45, 2.75) is 52.6 Å². The van der Waals surface area contributed by atoms with Crippen LogP contribution in [0.4, 0.5) is 0 Å². The summed E-state index contributed by atoms with van der Waals surface area (Å²) in [5.74, 6) is 0.540. The normalized spacial score (nSPS) is 14.2. The van der Waals surface area contributed by atoms with Gasteiger partial charge in [0.15, 0.2) is 0 Å². The quantitative estimate of drug-likeness (QED) is 0.847. The topological polar surface area (TPSA) is 20.2 Å². The van der Waals surface area contributed by atoms with E-state index in [1.165, 1.54) is 16.7 Å². The molecule has 21 heavy (non-hydrogen) atoms. The molecule has 0 aromatic heterocycles. The van der Waals surface area contributed by atoms with Crippen molar-refractivity contribution in [3.05, 3.63) is 70.3 Å². The first-order chi connectivity index (χ1) is 9.79. The van der Waals surface area contributed by atoms with Crippen molar-refractivity contribution in [1.82, 2.24) is 0 Å². The van der Waals surface area contributed by atoms with Crippen molar-refractivity contribution in [3.8, 4) is 0 Å². The molecule has 2 aromatic rings. The molecule has 1 heteroatoms. The molecular formula is C20H26O. The maximum absolute atomic E-state index is 10.9. The molecule has 0 amide bonds. The molecule has 1 nitrogen and oxygen atoms in total. The van der Waals surface area contributed by atoms with Crippen LogP contribution in [0.15, 0.2) is 42.5 Å². The molecule has 0 spiro atoms. The standard InChI is InChI=1S/C20H26O/c1-14(2)18-10-8-17(9-11-18)13-20(5,21)19-12-15(3)6-7-16(19)4/h6-12,14,21H,13H2,1-5H3. The fraction of sp³-hybridized carbons (Fsp3) is 0.400. The van der Waals surface area contributed by atoms with Crippen LogP contribution in [0.25, 0.3) is 0 Å². The molecule has 0 saturated heterocycles. The van der Waals surface area contributed by atoms with E-state index in [2.05, 4.69) is 70.2 Å². The molecule has 0 saturated carbocycles. The van der Waals surface area contributed by atoms with Gasteiger partial charge in [0, 0.05) is 6.42 Å². The Bertz CT molecular complexity index is 606. The zero-order valence-electron chi connectivity index (χ0n) is 13.8. The van der Waals surface area contributed by atoms with Crippen molar-refractivity contribution in [2.24, 2.45) is 0 Å². The second-order valence-electron chi connectivity index (χ2n) is 6.67. The van der Waals surface area contributed by atoms with E-state index >= 15 is 0 Å². The molecule has 0 radical (unpaired) electrons. The molecule has 1 N–H and O–H groups in total. The minimum absolute atomic E-state index is 0.540. The fourth-order valence-corrected chi connectivity index (χ4v) is 2.83. The Kier molecular flexibility index (Phi) is 4.53. The summed E-state index contributed by atoms with van der Waals surface area (Å²) in [4.78, 5) is 0. The maximum Gasteiger partial charge on any atom is 0.0911 e. The Morgan fingerprint density at radius 2 is 1.62 bits per heavy atom. The highest BCUT2D eigenvalue weighted by molar-refractivity contribution is 5.36. The maximum atomic E-state index is 10.9. The molecule has 2 rings (SSSR count). The first kappa shape index (κ1) is 15.8. The largest absolute Gasteiger partial charge is 0.385 e. The number of aliphatic hydroxyl groups is 1. The van der Waals surface area contributed by atoms with Gasteiger partial charge in [-0.1, -0.05) is 61.9 Å².